The topological polar surface area (TPSA) is 78.9 Å². The van der Waals surface area contributed by atoms with Gasteiger partial charge in [0, 0.05) is 21.8 Å². The summed E-state index contributed by atoms with van der Waals surface area (Å²) >= 11 is 11.9. The summed E-state index contributed by atoms with van der Waals surface area (Å²) in [7, 11) is 0. The highest BCUT2D eigenvalue weighted by molar-refractivity contribution is 6.35. The molecule has 8 heteroatoms. The third-order valence-corrected chi connectivity index (χ3v) is 2.90. The van der Waals surface area contributed by atoms with Crippen molar-refractivity contribution in [1.82, 2.24) is 15.5 Å². The van der Waals surface area contributed by atoms with Crippen molar-refractivity contribution < 1.29 is 4.79 Å². The number of carbonyl (C=O) groups excluding carboxylic acids is 1. The van der Waals surface area contributed by atoms with Gasteiger partial charge in [0.1, 0.15) is 0 Å². The fraction of sp³-hybridized carbons (Fsp3) is 0.214. The van der Waals surface area contributed by atoms with Crippen LogP contribution in [0.1, 0.15) is 13.8 Å². The summed E-state index contributed by atoms with van der Waals surface area (Å²) in [6.07, 6.45) is 0. The van der Waals surface area contributed by atoms with Crippen molar-refractivity contribution in [2.45, 2.75) is 19.9 Å². The first kappa shape index (κ1) is 16.3. The van der Waals surface area contributed by atoms with Crippen LogP contribution in [0.15, 0.2) is 30.3 Å². The largest absolute Gasteiger partial charge is 0.339 e. The summed E-state index contributed by atoms with van der Waals surface area (Å²) in [5, 5.41) is 17.2. The monoisotopic (exact) mass is 339 g/mol. The lowest BCUT2D eigenvalue weighted by Crippen LogP contribution is -2.34. The van der Waals surface area contributed by atoms with Gasteiger partial charge in [0.25, 0.3) is 0 Å². The summed E-state index contributed by atoms with van der Waals surface area (Å²) < 4.78 is 0. The molecule has 0 unspecified atom stereocenters. The van der Waals surface area contributed by atoms with Gasteiger partial charge in [-0.05, 0) is 44.2 Å². The Labute approximate surface area is 138 Å². The predicted molar refractivity (Wildman–Crippen MR) is 89.1 cm³/mol. The predicted octanol–water partition coefficient (Wildman–Crippen LogP) is 4.06. The van der Waals surface area contributed by atoms with E-state index in [1.165, 1.54) is 0 Å². The summed E-state index contributed by atoms with van der Waals surface area (Å²) in [4.78, 5) is 11.5. The van der Waals surface area contributed by atoms with Crippen molar-refractivity contribution in [2.24, 2.45) is 0 Å². The standard InChI is InChI=1S/C14H15Cl2N5O/c1-8(2)17-14(22)19-13-4-3-12(20-21-13)18-11-6-9(15)5-10(16)7-11/h3-8H,1-2H3,(H,18,20)(H2,17,19,21,22). The first-order chi connectivity index (χ1) is 10.4. The number of nitrogens with one attached hydrogen (secondary N) is 3. The maximum Gasteiger partial charge on any atom is 0.320 e. The van der Waals surface area contributed by atoms with E-state index >= 15 is 0 Å². The minimum Gasteiger partial charge on any atom is -0.339 e. The average molecular weight is 340 g/mol. The highest BCUT2D eigenvalue weighted by Gasteiger charge is 2.05. The van der Waals surface area contributed by atoms with Crippen LogP contribution in [0.2, 0.25) is 10.0 Å². The molecule has 0 saturated heterocycles. The number of amides is 2. The first-order valence-electron chi connectivity index (χ1n) is 6.57. The minimum atomic E-state index is -0.327. The second kappa shape index (κ2) is 7.29. The minimum absolute atomic E-state index is 0.0430. The molecular formula is C14H15Cl2N5O. The molecule has 22 heavy (non-hydrogen) atoms. The van der Waals surface area contributed by atoms with Crippen LogP contribution >= 0.6 is 23.2 Å². The fourth-order valence-corrected chi connectivity index (χ4v) is 2.18. The van der Waals surface area contributed by atoms with Crippen LogP contribution in [0.5, 0.6) is 0 Å². The van der Waals surface area contributed by atoms with Crippen molar-refractivity contribution in [3.63, 3.8) is 0 Å². The van der Waals surface area contributed by atoms with E-state index in [9.17, 15) is 4.79 Å². The van der Waals surface area contributed by atoms with E-state index in [0.717, 1.165) is 0 Å². The van der Waals surface area contributed by atoms with Crippen LogP contribution in [0.25, 0.3) is 0 Å². The number of benzene rings is 1. The molecular weight excluding hydrogens is 325 g/mol. The van der Waals surface area contributed by atoms with Crippen LogP contribution in [0.3, 0.4) is 0 Å². The number of nitrogens with zero attached hydrogens (tertiary/aromatic N) is 2. The van der Waals surface area contributed by atoms with E-state index in [-0.39, 0.29) is 12.1 Å². The second-order valence-corrected chi connectivity index (χ2v) is 5.71. The molecule has 1 aromatic carbocycles. The number of rotatable bonds is 4. The van der Waals surface area contributed by atoms with Gasteiger partial charge in [-0.1, -0.05) is 23.2 Å². The summed E-state index contributed by atoms with van der Waals surface area (Å²) in [5.41, 5.74) is 0.699. The summed E-state index contributed by atoms with van der Waals surface area (Å²) in [6, 6.07) is 8.12. The first-order valence-corrected chi connectivity index (χ1v) is 7.32. The van der Waals surface area contributed by atoms with E-state index in [4.69, 9.17) is 23.2 Å². The molecule has 1 aromatic heterocycles. The van der Waals surface area contributed by atoms with Crippen LogP contribution in [0, 0.1) is 0 Å². The molecule has 1 heterocycles. The highest BCUT2D eigenvalue weighted by Crippen LogP contribution is 2.24. The van der Waals surface area contributed by atoms with E-state index in [0.29, 0.717) is 27.4 Å². The quantitative estimate of drug-likeness (QED) is 0.784. The smallest absolute Gasteiger partial charge is 0.320 e. The Morgan fingerprint density at radius 2 is 1.64 bits per heavy atom. The highest BCUT2D eigenvalue weighted by atomic mass is 35.5. The number of halogens is 2. The molecule has 116 valence electrons. The molecule has 0 saturated carbocycles. The summed E-state index contributed by atoms with van der Waals surface area (Å²) in [6.45, 7) is 3.74. The van der Waals surface area contributed by atoms with Crippen LogP contribution in [0.4, 0.5) is 22.1 Å². The van der Waals surface area contributed by atoms with Crippen molar-refractivity contribution in [3.8, 4) is 0 Å². The van der Waals surface area contributed by atoms with Crippen LogP contribution in [-0.4, -0.2) is 22.3 Å². The zero-order valence-corrected chi connectivity index (χ0v) is 13.5. The zero-order chi connectivity index (χ0) is 16.1. The number of aromatic nitrogens is 2. The van der Waals surface area contributed by atoms with Gasteiger partial charge in [-0.25, -0.2) is 4.79 Å². The van der Waals surface area contributed by atoms with Crippen molar-refractivity contribution in [3.05, 3.63) is 40.4 Å². The van der Waals surface area contributed by atoms with E-state index < -0.39 is 0 Å². The van der Waals surface area contributed by atoms with Gasteiger partial charge >= 0.3 is 6.03 Å². The number of carbonyl (C=O) groups is 1. The molecule has 0 aliphatic rings. The zero-order valence-electron chi connectivity index (χ0n) is 12.0. The number of urea groups is 1. The van der Waals surface area contributed by atoms with Gasteiger partial charge < -0.3 is 10.6 Å². The van der Waals surface area contributed by atoms with Gasteiger partial charge in [-0.15, -0.1) is 10.2 Å². The maximum absolute atomic E-state index is 11.5. The van der Waals surface area contributed by atoms with Gasteiger partial charge in [-0.3, -0.25) is 5.32 Å². The van der Waals surface area contributed by atoms with Gasteiger partial charge in [-0.2, -0.15) is 0 Å². The number of hydrogen-bond donors (Lipinski definition) is 3. The Kier molecular flexibility index (Phi) is 5.41. The Balaban J connectivity index is 2.01. The lowest BCUT2D eigenvalue weighted by atomic mass is 10.3. The Morgan fingerprint density at radius 1 is 1.05 bits per heavy atom. The van der Waals surface area contributed by atoms with E-state index in [1.54, 1.807) is 30.3 Å². The molecule has 6 nitrogen and oxygen atoms in total. The molecule has 2 amide bonds. The van der Waals surface area contributed by atoms with E-state index in [1.807, 2.05) is 13.8 Å². The van der Waals surface area contributed by atoms with Gasteiger partial charge in [0.15, 0.2) is 11.6 Å². The lowest BCUT2D eigenvalue weighted by molar-refractivity contribution is 0.250. The number of hydrogen-bond acceptors (Lipinski definition) is 4. The Bertz CT molecular complexity index is 641. The molecule has 0 aliphatic heterocycles. The molecule has 2 aromatic rings. The Hall–Kier alpha value is -2.05. The van der Waals surface area contributed by atoms with Crippen molar-refractivity contribution in [2.75, 3.05) is 10.6 Å². The molecule has 2 rings (SSSR count). The molecule has 3 N–H and O–H groups in total. The van der Waals surface area contributed by atoms with Crippen molar-refractivity contribution >= 4 is 46.6 Å². The molecule has 0 fully saturated rings. The third kappa shape index (κ3) is 5.05. The Morgan fingerprint density at radius 3 is 2.18 bits per heavy atom. The van der Waals surface area contributed by atoms with Gasteiger partial charge in [0.05, 0.1) is 0 Å². The van der Waals surface area contributed by atoms with Crippen LogP contribution < -0.4 is 16.0 Å². The third-order valence-electron chi connectivity index (χ3n) is 2.46. The maximum atomic E-state index is 11.5. The molecule has 0 spiro atoms. The second-order valence-electron chi connectivity index (χ2n) is 4.84. The fourth-order valence-electron chi connectivity index (χ4n) is 1.65. The average Bonchev–Trinajstić information content (AvgIpc) is 2.39. The lowest BCUT2D eigenvalue weighted by Gasteiger charge is -2.10. The van der Waals surface area contributed by atoms with E-state index in [2.05, 4.69) is 26.1 Å². The normalized spacial score (nSPS) is 10.4. The molecule has 0 radical (unpaired) electrons. The SMILES string of the molecule is CC(C)NC(=O)Nc1ccc(Nc2cc(Cl)cc(Cl)c2)nn1. The van der Waals surface area contributed by atoms with Crippen molar-refractivity contribution in [1.29, 1.82) is 0 Å². The van der Waals surface area contributed by atoms with Gasteiger partial charge in [0.2, 0.25) is 0 Å². The molecule has 0 atom stereocenters. The summed E-state index contributed by atoms with van der Waals surface area (Å²) in [5.74, 6) is 0.862. The van der Waals surface area contributed by atoms with Crippen LogP contribution in [-0.2, 0) is 0 Å². The molecule has 0 bridgehead atoms. The molecule has 0 aliphatic carbocycles. The number of anilines is 3.